The van der Waals surface area contributed by atoms with Gasteiger partial charge in [0.2, 0.25) is 5.96 Å². The SMILES string of the molecule is Cl.Cl.c1cnc2c(c1)NNC(N1CCOCC1)=N2. The molecule has 3 heterocycles. The number of morpholine rings is 1. The number of hydrogen-bond donors (Lipinski definition) is 2. The van der Waals surface area contributed by atoms with E-state index in [9.17, 15) is 0 Å². The summed E-state index contributed by atoms with van der Waals surface area (Å²) in [6.07, 6.45) is 1.74. The first-order chi connectivity index (χ1) is 7.93. The van der Waals surface area contributed by atoms with E-state index in [-0.39, 0.29) is 24.8 Å². The minimum atomic E-state index is 0. The topological polar surface area (TPSA) is 61.8 Å². The average molecular weight is 292 g/mol. The van der Waals surface area contributed by atoms with Crippen LogP contribution in [0.3, 0.4) is 0 Å². The van der Waals surface area contributed by atoms with Crippen molar-refractivity contribution < 1.29 is 4.74 Å². The van der Waals surface area contributed by atoms with Crippen molar-refractivity contribution in [2.24, 2.45) is 4.99 Å². The van der Waals surface area contributed by atoms with Crippen LogP contribution in [0.25, 0.3) is 0 Å². The fourth-order valence-electron chi connectivity index (χ4n) is 1.76. The number of aromatic nitrogens is 1. The van der Waals surface area contributed by atoms with Crippen molar-refractivity contribution >= 4 is 42.3 Å². The number of nitrogens with zero attached hydrogens (tertiary/aromatic N) is 3. The molecule has 0 spiro atoms. The molecule has 3 rings (SSSR count). The van der Waals surface area contributed by atoms with Crippen LogP contribution in [-0.4, -0.2) is 42.1 Å². The van der Waals surface area contributed by atoms with Gasteiger partial charge in [0.25, 0.3) is 0 Å². The number of rotatable bonds is 0. The molecule has 18 heavy (non-hydrogen) atoms. The fraction of sp³-hybridized carbons (Fsp3) is 0.400. The molecule has 0 amide bonds. The Balaban J connectivity index is 0.000000810. The van der Waals surface area contributed by atoms with E-state index < -0.39 is 0 Å². The van der Waals surface area contributed by atoms with Crippen LogP contribution in [0.15, 0.2) is 23.3 Å². The van der Waals surface area contributed by atoms with Crippen LogP contribution in [0.4, 0.5) is 11.5 Å². The quantitative estimate of drug-likeness (QED) is 0.752. The van der Waals surface area contributed by atoms with Gasteiger partial charge in [0.1, 0.15) is 0 Å². The van der Waals surface area contributed by atoms with E-state index in [0.717, 1.165) is 43.8 Å². The number of anilines is 1. The van der Waals surface area contributed by atoms with Crippen molar-refractivity contribution in [3.05, 3.63) is 18.3 Å². The van der Waals surface area contributed by atoms with Crippen LogP contribution < -0.4 is 10.9 Å². The molecule has 0 bridgehead atoms. The molecule has 0 radical (unpaired) electrons. The van der Waals surface area contributed by atoms with E-state index >= 15 is 0 Å². The highest BCUT2D eigenvalue weighted by molar-refractivity contribution is 5.88. The molecule has 0 aliphatic carbocycles. The Labute approximate surface area is 118 Å². The summed E-state index contributed by atoms with van der Waals surface area (Å²) in [6.45, 7) is 3.21. The van der Waals surface area contributed by atoms with Gasteiger partial charge in [-0.15, -0.1) is 24.8 Å². The third-order valence-electron chi connectivity index (χ3n) is 2.62. The molecule has 2 aliphatic heterocycles. The number of hydrogen-bond acceptors (Lipinski definition) is 6. The maximum absolute atomic E-state index is 5.30. The van der Waals surface area contributed by atoms with Crippen molar-refractivity contribution in [3.63, 3.8) is 0 Å². The maximum atomic E-state index is 5.30. The third kappa shape index (κ3) is 2.95. The Morgan fingerprint density at radius 1 is 1.17 bits per heavy atom. The zero-order valence-electron chi connectivity index (χ0n) is 9.63. The van der Waals surface area contributed by atoms with Gasteiger partial charge in [-0.3, -0.25) is 10.9 Å². The van der Waals surface area contributed by atoms with Crippen LogP contribution in [-0.2, 0) is 4.74 Å². The number of guanidine groups is 1. The van der Waals surface area contributed by atoms with Crippen molar-refractivity contribution in [2.75, 3.05) is 31.7 Å². The number of nitrogens with one attached hydrogen (secondary N) is 2. The van der Waals surface area contributed by atoms with E-state index in [1.165, 1.54) is 0 Å². The summed E-state index contributed by atoms with van der Waals surface area (Å²) in [4.78, 5) is 10.8. The molecule has 6 nitrogen and oxygen atoms in total. The molecule has 1 aromatic heterocycles. The van der Waals surface area contributed by atoms with Crippen LogP contribution in [0.5, 0.6) is 0 Å². The van der Waals surface area contributed by atoms with Gasteiger partial charge in [0, 0.05) is 19.3 Å². The molecule has 0 atom stereocenters. The molecular formula is C10H15Cl2N5O. The van der Waals surface area contributed by atoms with Gasteiger partial charge < -0.3 is 9.64 Å². The standard InChI is InChI=1S/C10H13N5O.2ClH/c1-2-8-9(11-3-1)12-10(14-13-8)15-4-6-16-7-5-15;;/h1-3,13H,4-7H2,(H,11,12,14);2*1H. The molecular weight excluding hydrogens is 277 g/mol. The van der Waals surface area contributed by atoms with Gasteiger partial charge in [-0.1, -0.05) is 0 Å². The number of ether oxygens (including phenoxy) is 1. The maximum Gasteiger partial charge on any atom is 0.219 e. The van der Waals surface area contributed by atoms with Crippen LogP contribution in [0.1, 0.15) is 0 Å². The lowest BCUT2D eigenvalue weighted by atomic mass is 10.4. The first-order valence-corrected chi connectivity index (χ1v) is 5.32. The number of pyridine rings is 1. The Bertz CT molecular complexity index is 422. The molecule has 2 N–H and O–H groups in total. The summed E-state index contributed by atoms with van der Waals surface area (Å²) in [7, 11) is 0. The number of hydrazine groups is 1. The number of aliphatic imine (C=N–C) groups is 1. The predicted octanol–water partition coefficient (Wildman–Crippen LogP) is 1.17. The Morgan fingerprint density at radius 2 is 1.94 bits per heavy atom. The highest BCUT2D eigenvalue weighted by Crippen LogP contribution is 2.23. The van der Waals surface area contributed by atoms with E-state index in [0.29, 0.717) is 0 Å². The Morgan fingerprint density at radius 3 is 2.72 bits per heavy atom. The second-order valence-corrected chi connectivity index (χ2v) is 3.66. The van der Waals surface area contributed by atoms with E-state index in [1.54, 1.807) is 6.20 Å². The molecule has 8 heteroatoms. The molecule has 100 valence electrons. The summed E-state index contributed by atoms with van der Waals surface area (Å²) in [6, 6.07) is 3.82. The lowest BCUT2D eigenvalue weighted by Gasteiger charge is -2.31. The first kappa shape index (κ1) is 14.8. The van der Waals surface area contributed by atoms with Crippen molar-refractivity contribution in [1.29, 1.82) is 0 Å². The predicted molar refractivity (Wildman–Crippen MR) is 75.0 cm³/mol. The molecule has 2 aliphatic rings. The highest BCUT2D eigenvalue weighted by atomic mass is 35.5. The number of halogens is 2. The Hall–Kier alpha value is -1.24. The monoisotopic (exact) mass is 291 g/mol. The molecule has 1 fully saturated rings. The number of fused-ring (bicyclic) bond motifs is 1. The summed E-state index contributed by atoms with van der Waals surface area (Å²) < 4.78 is 5.30. The van der Waals surface area contributed by atoms with Gasteiger partial charge >= 0.3 is 0 Å². The molecule has 0 unspecified atom stereocenters. The molecule has 0 aromatic carbocycles. The van der Waals surface area contributed by atoms with E-state index in [1.807, 2.05) is 12.1 Å². The zero-order valence-corrected chi connectivity index (χ0v) is 11.3. The third-order valence-corrected chi connectivity index (χ3v) is 2.62. The second-order valence-electron chi connectivity index (χ2n) is 3.66. The van der Waals surface area contributed by atoms with Crippen molar-refractivity contribution in [1.82, 2.24) is 15.3 Å². The van der Waals surface area contributed by atoms with Crippen LogP contribution in [0, 0.1) is 0 Å². The van der Waals surface area contributed by atoms with Crippen LogP contribution >= 0.6 is 24.8 Å². The fourth-order valence-corrected chi connectivity index (χ4v) is 1.76. The molecule has 0 saturated carbocycles. The van der Waals surface area contributed by atoms with Crippen LogP contribution in [0.2, 0.25) is 0 Å². The second kappa shape index (κ2) is 6.63. The molecule has 1 saturated heterocycles. The smallest absolute Gasteiger partial charge is 0.219 e. The van der Waals surface area contributed by atoms with E-state index in [4.69, 9.17) is 4.74 Å². The van der Waals surface area contributed by atoms with E-state index in [2.05, 4.69) is 25.7 Å². The van der Waals surface area contributed by atoms with Gasteiger partial charge in [-0.25, -0.2) is 4.98 Å². The average Bonchev–Trinajstić information content (AvgIpc) is 2.39. The van der Waals surface area contributed by atoms with Gasteiger partial charge in [-0.2, -0.15) is 4.99 Å². The zero-order chi connectivity index (χ0) is 10.8. The van der Waals surface area contributed by atoms with Crippen molar-refractivity contribution in [3.8, 4) is 0 Å². The normalized spacial score (nSPS) is 17.1. The minimum Gasteiger partial charge on any atom is -0.378 e. The summed E-state index contributed by atoms with van der Waals surface area (Å²) in [5.41, 5.74) is 7.06. The largest absolute Gasteiger partial charge is 0.378 e. The Kier molecular flexibility index (Phi) is 5.46. The van der Waals surface area contributed by atoms with Crippen molar-refractivity contribution in [2.45, 2.75) is 0 Å². The van der Waals surface area contributed by atoms with Gasteiger partial charge in [0.15, 0.2) is 5.82 Å². The lowest BCUT2D eigenvalue weighted by Crippen LogP contribution is -2.49. The minimum absolute atomic E-state index is 0. The van der Waals surface area contributed by atoms with Gasteiger partial charge in [-0.05, 0) is 12.1 Å². The first-order valence-electron chi connectivity index (χ1n) is 5.32. The summed E-state index contributed by atoms with van der Waals surface area (Å²) in [5.74, 6) is 1.54. The highest BCUT2D eigenvalue weighted by Gasteiger charge is 2.19. The lowest BCUT2D eigenvalue weighted by molar-refractivity contribution is 0.0667. The van der Waals surface area contributed by atoms with Gasteiger partial charge in [0.05, 0.1) is 18.9 Å². The molecule has 1 aromatic rings. The summed E-state index contributed by atoms with van der Waals surface area (Å²) >= 11 is 0. The summed E-state index contributed by atoms with van der Waals surface area (Å²) in [5, 5.41) is 0.